The number of fused-ring (bicyclic) bond motifs is 8. The Morgan fingerprint density at radius 2 is 1.27 bits per heavy atom. The van der Waals surface area contributed by atoms with Gasteiger partial charge in [0.15, 0.2) is 0 Å². The molecule has 0 amide bonds. The van der Waals surface area contributed by atoms with Gasteiger partial charge in [0.1, 0.15) is 0 Å². The van der Waals surface area contributed by atoms with Crippen molar-refractivity contribution in [2.75, 3.05) is 4.90 Å². The van der Waals surface area contributed by atoms with E-state index in [1.54, 1.807) is 5.57 Å². The molecule has 2 nitrogen and oxygen atoms in total. The molecule has 62 heavy (non-hydrogen) atoms. The molecule has 9 aromatic rings. The summed E-state index contributed by atoms with van der Waals surface area (Å²) in [5, 5.41) is 2.31. The SMILES string of the molecule is CC1(C)C2=C(CCCC2)N(c2ccc3c(c2)[Se]c2cccc4c2B3c2cc(-c3cccc5c3oc3ccccc35)ccc2C4(c2ccccc2)c2ccccc2)c2ccccc21. The van der Waals surface area contributed by atoms with Crippen molar-refractivity contribution in [1.29, 1.82) is 0 Å². The van der Waals surface area contributed by atoms with Crippen LogP contribution in [0.4, 0.5) is 11.4 Å². The molecule has 0 saturated heterocycles. The van der Waals surface area contributed by atoms with Gasteiger partial charge in [-0.1, -0.05) is 0 Å². The molecule has 0 radical (unpaired) electrons. The standard InChI is InChI=1S/C58H44BNOSe/c1-57(2)45-24-10-12-27-50(45)60(51-28-13-11-25-46(51)57)40-32-34-48-54(36-40)62-53-30-16-26-47-55(53)59(48)49-35-37(41-22-15-23-43-42-21-9-14-29-52(42)61-56(41)43)31-33-44(49)58(47,38-17-5-3-6-18-38)39-19-7-4-8-20-39/h3-10,12,14-24,26-27,29-36H,11,13,25,28H2,1-2H3. The van der Waals surface area contributed by atoms with Crippen molar-refractivity contribution >= 4 is 80.3 Å². The Balaban J connectivity index is 1.07. The van der Waals surface area contributed by atoms with Gasteiger partial charge in [-0.05, 0) is 0 Å². The summed E-state index contributed by atoms with van der Waals surface area (Å²) in [7, 11) is 0. The van der Waals surface area contributed by atoms with Crippen molar-refractivity contribution in [2.45, 2.75) is 50.4 Å². The number of rotatable bonds is 4. The van der Waals surface area contributed by atoms with Gasteiger partial charge in [0.05, 0.1) is 0 Å². The minimum atomic E-state index is -0.509. The molecular formula is C58H44BNOSe. The minimum absolute atomic E-state index is 0.0244. The number of anilines is 2. The molecule has 0 unspecified atom stereocenters. The normalized spacial score (nSPS) is 16.7. The van der Waals surface area contributed by atoms with Crippen LogP contribution in [0.5, 0.6) is 0 Å². The molecule has 8 aromatic carbocycles. The molecule has 4 heteroatoms. The Morgan fingerprint density at radius 3 is 2.11 bits per heavy atom. The second-order valence-electron chi connectivity index (χ2n) is 18.1. The summed E-state index contributed by atoms with van der Waals surface area (Å²) >= 11 is 0.0969. The summed E-state index contributed by atoms with van der Waals surface area (Å²) in [5.74, 6) is 0. The molecule has 1 aliphatic carbocycles. The zero-order valence-electron chi connectivity index (χ0n) is 35.0. The van der Waals surface area contributed by atoms with E-state index in [4.69, 9.17) is 4.42 Å². The zero-order chi connectivity index (χ0) is 41.2. The van der Waals surface area contributed by atoms with Crippen molar-refractivity contribution in [1.82, 2.24) is 0 Å². The first-order valence-electron chi connectivity index (χ1n) is 22.3. The van der Waals surface area contributed by atoms with Crippen LogP contribution >= 0.6 is 0 Å². The van der Waals surface area contributed by atoms with Crippen LogP contribution in [0, 0.1) is 0 Å². The molecule has 0 spiro atoms. The molecule has 0 saturated carbocycles. The summed E-state index contributed by atoms with van der Waals surface area (Å²) in [6.07, 6.45) is 4.81. The first-order valence-corrected chi connectivity index (χ1v) is 24.0. The summed E-state index contributed by atoms with van der Waals surface area (Å²) in [6, 6.07) is 68.9. The Labute approximate surface area is 370 Å². The van der Waals surface area contributed by atoms with E-state index in [1.807, 2.05) is 0 Å². The molecule has 4 aliphatic rings. The van der Waals surface area contributed by atoms with Gasteiger partial charge in [-0.3, -0.25) is 0 Å². The van der Waals surface area contributed by atoms with Gasteiger partial charge in [-0.25, -0.2) is 0 Å². The predicted octanol–water partition coefficient (Wildman–Crippen LogP) is 10.7. The van der Waals surface area contributed by atoms with E-state index in [1.165, 1.54) is 95.0 Å². The van der Waals surface area contributed by atoms with Crippen LogP contribution in [0.25, 0.3) is 33.1 Å². The van der Waals surface area contributed by atoms with Gasteiger partial charge in [0, 0.05) is 0 Å². The predicted molar refractivity (Wildman–Crippen MR) is 261 cm³/mol. The Kier molecular flexibility index (Phi) is 7.97. The molecule has 13 rings (SSSR count). The fourth-order valence-corrected chi connectivity index (χ4v) is 14.6. The van der Waals surface area contributed by atoms with Crippen LogP contribution in [-0.4, -0.2) is 21.7 Å². The van der Waals surface area contributed by atoms with Crippen molar-refractivity contribution in [3.8, 4) is 11.1 Å². The summed E-state index contributed by atoms with van der Waals surface area (Å²) in [4.78, 5) is 2.65. The van der Waals surface area contributed by atoms with E-state index in [-0.39, 0.29) is 27.1 Å². The molecule has 4 heterocycles. The average molecular weight is 861 g/mol. The third-order valence-corrected chi connectivity index (χ3v) is 17.1. The van der Waals surface area contributed by atoms with E-state index < -0.39 is 5.41 Å². The Bertz CT molecular complexity index is 3290. The second kappa shape index (κ2) is 13.6. The van der Waals surface area contributed by atoms with Crippen LogP contribution in [0.1, 0.15) is 67.3 Å². The van der Waals surface area contributed by atoms with Crippen molar-refractivity contribution < 1.29 is 4.42 Å². The molecule has 3 aliphatic heterocycles. The number of allylic oxidation sites excluding steroid dienone is 2. The van der Waals surface area contributed by atoms with Crippen molar-refractivity contribution in [2.24, 2.45) is 0 Å². The fraction of sp³-hybridized carbons (Fsp3) is 0.138. The van der Waals surface area contributed by atoms with E-state index in [0.717, 1.165) is 33.9 Å². The van der Waals surface area contributed by atoms with Gasteiger partial charge in [0.2, 0.25) is 0 Å². The number of nitrogens with zero attached hydrogens (tertiary/aromatic N) is 1. The van der Waals surface area contributed by atoms with Crippen LogP contribution in [0.3, 0.4) is 0 Å². The third kappa shape index (κ3) is 5.00. The van der Waals surface area contributed by atoms with Gasteiger partial charge in [0.25, 0.3) is 0 Å². The van der Waals surface area contributed by atoms with Crippen LogP contribution in [0.15, 0.2) is 198 Å². The van der Waals surface area contributed by atoms with E-state index in [9.17, 15) is 0 Å². The monoisotopic (exact) mass is 861 g/mol. The summed E-state index contributed by atoms with van der Waals surface area (Å²) in [6.45, 7) is 4.97. The van der Waals surface area contributed by atoms with Crippen LogP contribution < -0.4 is 30.2 Å². The molecule has 0 atom stereocenters. The molecule has 0 fully saturated rings. The maximum absolute atomic E-state index is 6.70. The molecule has 0 bridgehead atoms. The molecule has 1 aromatic heterocycles. The maximum atomic E-state index is 6.70. The van der Waals surface area contributed by atoms with E-state index in [0.29, 0.717) is 0 Å². The van der Waals surface area contributed by atoms with Gasteiger partial charge in [-0.15, -0.1) is 0 Å². The number of hydrogen-bond donors (Lipinski definition) is 0. The van der Waals surface area contributed by atoms with Gasteiger partial charge in [-0.2, -0.15) is 0 Å². The van der Waals surface area contributed by atoms with E-state index in [2.05, 4.69) is 201 Å². The zero-order valence-corrected chi connectivity index (χ0v) is 36.7. The average Bonchev–Trinajstić information content (AvgIpc) is 3.71. The van der Waals surface area contributed by atoms with E-state index >= 15 is 0 Å². The first-order chi connectivity index (χ1) is 30.5. The van der Waals surface area contributed by atoms with Crippen molar-refractivity contribution in [3.63, 3.8) is 0 Å². The number of furan rings is 1. The van der Waals surface area contributed by atoms with Crippen LogP contribution in [0.2, 0.25) is 0 Å². The van der Waals surface area contributed by atoms with Crippen LogP contribution in [-0.2, 0) is 10.8 Å². The quantitative estimate of drug-likeness (QED) is 0.164. The fourth-order valence-electron chi connectivity index (χ4n) is 12.0. The van der Waals surface area contributed by atoms with Crippen molar-refractivity contribution in [3.05, 3.63) is 221 Å². The number of hydrogen-bond acceptors (Lipinski definition) is 2. The Morgan fingerprint density at radius 1 is 0.565 bits per heavy atom. The molecule has 296 valence electrons. The topological polar surface area (TPSA) is 16.4 Å². The molecule has 0 N–H and O–H groups in total. The van der Waals surface area contributed by atoms with Gasteiger partial charge < -0.3 is 0 Å². The second-order valence-corrected chi connectivity index (χ2v) is 20.4. The van der Waals surface area contributed by atoms with Gasteiger partial charge >= 0.3 is 372 Å². The Hall–Kier alpha value is -6.32. The number of benzene rings is 8. The summed E-state index contributed by atoms with van der Waals surface area (Å²) in [5.41, 5.74) is 20.5. The third-order valence-electron chi connectivity index (χ3n) is 14.7. The summed E-state index contributed by atoms with van der Waals surface area (Å²) < 4.78 is 9.66. The first kappa shape index (κ1) is 36.3. The number of para-hydroxylation sites is 3. The molecular weight excluding hydrogens is 816 g/mol.